The van der Waals surface area contributed by atoms with Gasteiger partial charge in [0.25, 0.3) is 5.91 Å². The van der Waals surface area contributed by atoms with E-state index in [2.05, 4.69) is 5.32 Å². The maximum atomic E-state index is 12.0. The number of carboxylic acids is 1. The Bertz CT molecular complexity index is 744. The molecule has 0 saturated carbocycles. The number of para-hydroxylation sites is 2. The zero-order valence-corrected chi connectivity index (χ0v) is 13.0. The summed E-state index contributed by atoms with van der Waals surface area (Å²) in [5.41, 5.74) is 0.587. The molecule has 2 aromatic rings. The first-order valence-electron chi connectivity index (χ1n) is 7.09. The number of carbonyl (C=O) groups is 2. The second-order valence-electron chi connectivity index (χ2n) is 4.91. The highest BCUT2D eigenvalue weighted by Gasteiger charge is 2.11. The van der Waals surface area contributed by atoms with E-state index in [-0.39, 0.29) is 24.5 Å². The van der Waals surface area contributed by atoms with Crippen LogP contribution in [0, 0.1) is 0 Å². The molecule has 0 radical (unpaired) electrons. The lowest BCUT2D eigenvalue weighted by atomic mass is 10.1. The Hall–Kier alpha value is -3.22. The number of rotatable bonds is 7. The summed E-state index contributed by atoms with van der Waals surface area (Å²) < 4.78 is 10.5. The SMILES string of the molecule is COc1ccccc1OCC(=O)Nc1cc(CC(=O)O)ccc1O. The number of aromatic hydroxyl groups is 1. The molecule has 2 aromatic carbocycles. The first-order chi connectivity index (χ1) is 11.5. The third kappa shape index (κ3) is 4.64. The van der Waals surface area contributed by atoms with Crippen LogP contribution < -0.4 is 14.8 Å². The highest BCUT2D eigenvalue weighted by molar-refractivity contribution is 5.93. The minimum Gasteiger partial charge on any atom is -0.506 e. The van der Waals surface area contributed by atoms with Crippen LogP contribution in [-0.4, -0.2) is 35.8 Å². The van der Waals surface area contributed by atoms with Gasteiger partial charge in [0.2, 0.25) is 0 Å². The molecule has 0 aliphatic heterocycles. The van der Waals surface area contributed by atoms with E-state index in [0.29, 0.717) is 17.1 Å². The quantitative estimate of drug-likeness (QED) is 0.671. The van der Waals surface area contributed by atoms with E-state index in [1.54, 1.807) is 24.3 Å². The standard InChI is InChI=1S/C17H17NO6/c1-23-14-4-2-3-5-15(14)24-10-16(20)18-12-8-11(9-17(21)22)6-7-13(12)19/h2-8,19H,9-10H2,1H3,(H,18,20)(H,21,22). The number of methoxy groups -OCH3 is 1. The maximum Gasteiger partial charge on any atom is 0.307 e. The van der Waals surface area contributed by atoms with Crippen molar-refractivity contribution in [3.8, 4) is 17.2 Å². The summed E-state index contributed by atoms with van der Waals surface area (Å²) >= 11 is 0. The van der Waals surface area contributed by atoms with Gasteiger partial charge in [0.15, 0.2) is 18.1 Å². The van der Waals surface area contributed by atoms with Gasteiger partial charge in [-0.2, -0.15) is 0 Å². The van der Waals surface area contributed by atoms with Gasteiger partial charge in [0, 0.05) is 0 Å². The number of phenols is 1. The van der Waals surface area contributed by atoms with Crippen molar-refractivity contribution in [1.29, 1.82) is 0 Å². The second-order valence-corrected chi connectivity index (χ2v) is 4.91. The summed E-state index contributed by atoms with van der Waals surface area (Å²) in [5, 5.41) is 21.0. The molecule has 0 saturated heterocycles. The number of hydrogen-bond acceptors (Lipinski definition) is 5. The van der Waals surface area contributed by atoms with Crippen LogP contribution in [0.5, 0.6) is 17.2 Å². The van der Waals surface area contributed by atoms with Gasteiger partial charge in [-0.1, -0.05) is 18.2 Å². The van der Waals surface area contributed by atoms with Crippen LogP contribution in [0.15, 0.2) is 42.5 Å². The fraction of sp³-hybridized carbons (Fsp3) is 0.176. The number of ether oxygens (including phenoxy) is 2. The molecule has 0 aliphatic carbocycles. The summed E-state index contributed by atoms with van der Waals surface area (Å²) in [7, 11) is 1.49. The van der Waals surface area contributed by atoms with E-state index >= 15 is 0 Å². The number of hydrogen-bond donors (Lipinski definition) is 3. The van der Waals surface area contributed by atoms with Crippen LogP contribution in [0.4, 0.5) is 5.69 Å². The molecule has 24 heavy (non-hydrogen) atoms. The average Bonchev–Trinajstić information content (AvgIpc) is 2.55. The van der Waals surface area contributed by atoms with Crippen LogP contribution in [0.25, 0.3) is 0 Å². The van der Waals surface area contributed by atoms with Crippen LogP contribution in [0.3, 0.4) is 0 Å². The molecule has 7 nitrogen and oxygen atoms in total. The number of amides is 1. The Balaban J connectivity index is 2.00. The van der Waals surface area contributed by atoms with Gasteiger partial charge in [-0.15, -0.1) is 0 Å². The van der Waals surface area contributed by atoms with Crippen molar-refractivity contribution in [3.05, 3.63) is 48.0 Å². The number of carbonyl (C=O) groups excluding carboxylic acids is 1. The topological polar surface area (TPSA) is 105 Å². The smallest absolute Gasteiger partial charge is 0.307 e. The zero-order chi connectivity index (χ0) is 17.5. The number of benzene rings is 2. The van der Waals surface area contributed by atoms with Gasteiger partial charge in [0.05, 0.1) is 19.2 Å². The van der Waals surface area contributed by atoms with Crippen LogP contribution >= 0.6 is 0 Å². The normalized spacial score (nSPS) is 10.0. The van der Waals surface area contributed by atoms with Crippen molar-refractivity contribution in [2.45, 2.75) is 6.42 Å². The van der Waals surface area contributed by atoms with E-state index in [4.69, 9.17) is 14.6 Å². The summed E-state index contributed by atoms with van der Waals surface area (Å²) in [6.45, 7) is -0.289. The molecule has 0 aliphatic rings. The molecule has 0 bridgehead atoms. The number of anilines is 1. The molecule has 3 N–H and O–H groups in total. The predicted octanol–water partition coefficient (Wildman–Crippen LogP) is 2.05. The Morgan fingerprint density at radius 2 is 1.83 bits per heavy atom. The molecular weight excluding hydrogens is 314 g/mol. The number of aliphatic carboxylic acids is 1. The third-order valence-corrected chi connectivity index (χ3v) is 3.12. The number of nitrogens with one attached hydrogen (secondary N) is 1. The molecule has 0 heterocycles. The lowest BCUT2D eigenvalue weighted by Gasteiger charge is -2.11. The van der Waals surface area contributed by atoms with E-state index in [9.17, 15) is 14.7 Å². The van der Waals surface area contributed by atoms with Gasteiger partial charge in [-0.25, -0.2) is 0 Å². The lowest BCUT2D eigenvalue weighted by molar-refractivity contribution is -0.136. The molecule has 7 heteroatoms. The van der Waals surface area contributed by atoms with Crippen LogP contribution in [0.1, 0.15) is 5.56 Å². The number of carboxylic acid groups (broad SMARTS) is 1. The Morgan fingerprint density at radius 3 is 2.50 bits per heavy atom. The molecule has 0 atom stereocenters. The van der Waals surface area contributed by atoms with Crippen LogP contribution in [0.2, 0.25) is 0 Å². The number of phenolic OH excluding ortho intramolecular Hbond substituents is 1. The van der Waals surface area contributed by atoms with Gasteiger partial charge in [-0.3, -0.25) is 9.59 Å². The molecule has 0 unspecified atom stereocenters. The zero-order valence-electron chi connectivity index (χ0n) is 13.0. The van der Waals surface area contributed by atoms with Gasteiger partial charge < -0.3 is 25.0 Å². The molecule has 0 fully saturated rings. The predicted molar refractivity (Wildman–Crippen MR) is 86.6 cm³/mol. The fourth-order valence-electron chi connectivity index (χ4n) is 2.04. The van der Waals surface area contributed by atoms with Gasteiger partial charge in [-0.05, 0) is 29.8 Å². The maximum absolute atomic E-state index is 12.0. The average molecular weight is 331 g/mol. The molecule has 126 valence electrons. The van der Waals surface area contributed by atoms with E-state index in [1.807, 2.05) is 0 Å². The summed E-state index contributed by atoms with van der Waals surface area (Å²) in [5.74, 6) is -0.744. The first-order valence-corrected chi connectivity index (χ1v) is 7.09. The minimum absolute atomic E-state index is 0.127. The summed E-state index contributed by atoms with van der Waals surface area (Å²) in [4.78, 5) is 22.7. The fourth-order valence-corrected chi connectivity index (χ4v) is 2.04. The highest BCUT2D eigenvalue weighted by atomic mass is 16.5. The van der Waals surface area contributed by atoms with E-state index < -0.39 is 11.9 Å². The molecule has 0 aromatic heterocycles. The molecule has 2 rings (SSSR count). The monoisotopic (exact) mass is 331 g/mol. The molecule has 1 amide bonds. The van der Waals surface area contributed by atoms with Gasteiger partial charge in [0.1, 0.15) is 5.75 Å². The van der Waals surface area contributed by atoms with E-state index in [0.717, 1.165) is 0 Å². The lowest BCUT2D eigenvalue weighted by Crippen LogP contribution is -2.20. The minimum atomic E-state index is -1.00. The summed E-state index contributed by atoms with van der Waals surface area (Å²) in [6, 6.07) is 11.1. The van der Waals surface area contributed by atoms with Crippen molar-refractivity contribution >= 4 is 17.6 Å². The third-order valence-electron chi connectivity index (χ3n) is 3.12. The second kappa shape index (κ2) is 7.87. The van der Waals surface area contributed by atoms with Crippen molar-refractivity contribution < 1.29 is 29.3 Å². The highest BCUT2D eigenvalue weighted by Crippen LogP contribution is 2.26. The van der Waals surface area contributed by atoms with Crippen molar-refractivity contribution in [1.82, 2.24) is 0 Å². The molecule has 0 spiro atoms. The van der Waals surface area contributed by atoms with Crippen molar-refractivity contribution in [3.63, 3.8) is 0 Å². The Kier molecular flexibility index (Phi) is 5.62. The van der Waals surface area contributed by atoms with E-state index in [1.165, 1.54) is 25.3 Å². The van der Waals surface area contributed by atoms with Crippen molar-refractivity contribution in [2.75, 3.05) is 19.0 Å². The summed E-state index contributed by atoms with van der Waals surface area (Å²) in [6.07, 6.45) is -0.207. The van der Waals surface area contributed by atoms with Gasteiger partial charge >= 0.3 is 5.97 Å². The molecular formula is C17H17NO6. The Labute approximate surface area is 138 Å². The largest absolute Gasteiger partial charge is 0.506 e. The van der Waals surface area contributed by atoms with Crippen LogP contribution in [-0.2, 0) is 16.0 Å². The van der Waals surface area contributed by atoms with Crippen molar-refractivity contribution in [2.24, 2.45) is 0 Å². The Morgan fingerprint density at radius 1 is 1.12 bits per heavy atom. The first kappa shape index (κ1) is 17.1.